The van der Waals surface area contributed by atoms with Gasteiger partial charge in [0.2, 0.25) is 0 Å². The number of hydrogen-bond donors (Lipinski definition) is 1. The largest absolute Gasteiger partial charge is 0.350 e. The topological polar surface area (TPSA) is 64.7 Å². The smallest absolute Gasteiger partial charge is 0.271 e. The summed E-state index contributed by atoms with van der Waals surface area (Å²) < 4.78 is 4.56. The standard InChI is InChI=1S/C18H20BrN5O/c1-13-17(19)14(2)24(21-13)12-23-11-9-16(22-23)18(25)20-10-8-15-6-4-3-5-7-15/h3-7,9,11H,8,10,12H2,1-2H3,(H,20,25). The highest BCUT2D eigenvalue weighted by Gasteiger charge is 2.12. The molecule has 3 aromatic rings. The molecule has 0 fully saturated rings. The minimum atomic E-state index is -0.163. The first-order valence-corrected chi connectivity index (χ1v) is 8.89. The van der Waals surface area contributed by atoms with Crippen LogP contribution >= 0.6 is 15.9 Å². The van der Waals surface area contributed by atoms with E-state index in [1.165, 1.54) is 5.56 Å². The third-order valence-corrected chi connectivity index (χ3v) is 5.14. The first-order valence-electron chi connectivity index (χ1n) is 8.09. The van der Waals surface area contributed by atoms with Gasteiger partial charge in [0.25, 0.3) is 5.91 Å². The molecule has 1 amide bonds. The second-order valence-corrected chi connectivity index (χ2v) is 6.65. The number of nitrogens with one attached hydrogen (secondary N) is 1. The van der Waals surface area contributed by atoms with E-state index in [1.807, 2.05) is 48.9 Å². The van der Waals surface area contributed by atoms with Crippen LogP contribution in [-0.4, -0.2) is 32.0 Å². The molecule has 7 heteroatoms. The summed E-state index contributed by atoms with van der Waals surface area (Å²) in [6.45, 7) is 4.99. The zero-order valence-corrected chi connectivity index (χ0v) is 15.8. The van der Waals surface area contributed by atoms with E-state index in [1.54, 1.807) is 16.9 Å². The fraction of sp³-hybridized carbons (Fsp3) is 0.278. The first kappa shape index (κ1) is 17.4. The van der Waals surface area contributed by atoms with Crippen LogP contribution in [0, 0.1) is 13.8 Å². The molecular weight excluding hydrogens is 382 g/mol. The fourth-order valence-corrected chi connectivity index (χ4v) is 2.85. The van der Waals surface area contributed by atoms with Gasteiger partial charge in [-0.05, 0) is 47.8 Å². The number of carbonyl (C=O) groups excluding carboxylic acids is 1. The Kier molecular flexibility index (Phi) is 5.33. The Labute approximate surface area is 155 Å². The highest BCUT2D eigenvalue weighted by molar-refractivity contribution is 9.10. The van der Waals surface area contributed by atoms with E-state index in [-0.39, 0.29) is 5.91 Å². The predicted octanol–water partition coefficient (Wildman–Crippen LogP) is 2.94. The van der Waals surface area contributed by atoms with E-state index in [2.05, 4.69) is 31.4 Å². The van der Waals surface area contributed by atoms with Gasteiger partial charge in [0.05, 0.1) is 15.9 Å². The summed E-state index contributed by atoms with van der Waals surface area (Å²) in [4.78, 5) is 12.2. The van der Waals surface area contributed by atoms with E-state index in [0.29, 0.717) is 18.9 Å². The maximum atomic E-state index is 12.2. The van der Waals surface area contributed by atoms with Crippen LogP contribution in [0.25, 0.3) is 0 Å². The Bertz CT molecular complexity index is 869. The normalized spacial score (nSPS) is 10.8. The van der Waals surface area contributed by atoms with Crippen LogP contribution in [0.3, 0.4) is 0 Å². The molecule has 0 spiro atoms. The molecule has 0 unspecified atom stereocenters. The van der Waals surface area contributed by atoms with E-state index in [0.717, 1.165) is 22.3 Å². The molecule has 1 aromatic carbocycles. The van der Waals surface area contributed by atoms with Gasteiger partial charge in [-0.1, -0.05) is 30.3 Å². The molecule has 0 aliphatic carbocycles. The second kappa shape index (κ2) is 7.65. The highest BCUT2D eigenvalue weighted by Crippen LogP contribution is 2.19. The van der Waals surface area contributed by atoms with Crippen molar-refractivity contribution in [2.24, 2.45) is 0 Å². The van der Waals surface area contributed by atoms with E-state index >= 15 is 0 Å². The van der Waals surface area contributed by atoms with Crippen LogP contribution < -0.4 is 5.32 Å². The van der Waals surface area contributed by atoms with Crippen LogP contribution in [0.4, 0.5) is 0 Å². The number of rotatable bonds is 6. The molecule has 0 radical (unpaired) electrons. The minimum Gasteiger partial charge on any atom is -0.350 e. The molecule has 0 atom stereocenters. The van der Waals surface area contributed by atoms with Crippen LogP contribution in [-0.2, 0) is 13.1 Å². The average Bonchev–Trinajstić information content (AvgIpc) is 3.17. The van der Waals surface area contributed by atoms with Crippen molar-refractivity contribution in [3.05, 3.63) is 69.7 Å². The number of hydrogen-bond acceptors (Lipinski definition) is 3. The van der Waals surface area contributed by atoms with Crippen molar-refractivity contribution in [2.75, 3.05) is 6.54 Å². The van der Waals surface area contributed by atoms with Gasteiger partial charge in [-0.3, -0.25) is 9.48 Å². The van der Waals surface area contributed by atoms with Crippen LogP contribution in [0.1, 0.15) is 27.4 Å². The summed E-state index contributed by atoms with van der Waals surface area (Å²) in [6.07, 6.45) is 2.59. The average molecular weight is 402 g/mol. The maximum Gasteiger partial charge on any atom is 0.271 e. The van der Waals surface area contributed by atoms with Gasteiger partial charge in [-0.25, -0.2) is 4.68 Å². The van der Waals surface area contributed by atoms with Gasteiger partial charge < -0.3 is 5.32 Å². The zero-order chi connectivity index (χ0) is 17.8. The number of carbonyl (C=O) groups is 1. The summed E-state index contributed by atoms with van der Waals surface area (Å²) in [5.74, 6) is -0.163. The van der Waals surface area contributed by atoms with Gasteiger partial charge in [0.1, 0.15) is 12.4 Å². The lowest BCUT2D eigenvalue weighted by atomic mass is 10.1. The summed E-state index contributed by atoms with van der Waals surface area (Å²) >= 11 is 3.51. The Balaban J connectivity index is 1.57. The predicted molar refractivity (Wildman–Crippen MR) is 99.5 cm³/mol. The molecule has 3 rings (SSSR count). The van der Waals surface area contributed by atoms with E-state index in [9.17, 15) is 4.79 Å². The molecule has 0 aliphatic heterocycles. The van der Waals surface area contributed by atoms with Crippen LogP contribution in [0.2, 0.25) is 0 Å². The fourth-order valence-electron chi connectivity index (χ4n) is 2.57. The number of nitrogens with zero attached hydrogens (tertiary/aromatic N) is 4. The van der Waals surface area contributed by atoms with Crippen molar-refractivity contribution in [2.45, 2.75) is 26.9 Å². The van der Waals surface area contributed by atoms with Crippen molar-refractivity contribution in [1.29, 1.82) is 0 Å². The molecular formula is C18H20BrN5O. The van der Waals surface area contributed by atoms with Crippen molar-refractivity contribution >= 4 is 21.8 Å². The Morgan fingerprint density at radius 2 is 1.92 bits per heavy atom. The molecule has 0 saturated carbocycles. The van der Waals surface area contributed by atoms with E-state index in [4.69, 9.17) is 0 Å². The third-order valence-electron chi connectivity index (χ3n) is 3.99. The van der Waals surface area contributed by atoms with Gasteiger partial charge in [0, 0.05) is 12.7 Å². The molecule has 130 valence electrons. The summed E-state index contributed by atoms with van der Waals surface area (Å²) in [7, 11) is 0. The quantitative estimate of drug-likeness (QED) is 0.690. The lowest BCUT2D eigenvalue weighted by molar-refractivity contribution is 0.0948. The molecule has 25 heavy (non-hydrogen) atoms. The van der Waals surface area contributed by atoms with E-state index < -0.39 is 0 Å². The monoisotopic (exact) mass is 401 g/mol. The Morgan fingerprint density at radius 3 is 2.60 bits per heavy atom. The SMILES string of the molecule is Cc1nn(Cn2ccc(C(=O)NCCc3ccccc3)n2)c(C)c1Br. The molecule has 2 aromatic heterocycles. The lowest BCUT2D eigenvalue weighted by Gasteiger charge is -2.05. The number of amides is 1. The number of aromatic nitrogens is 4. The van der Waals surface area contributed by atoms with Crippen molar-refractivity contribution in [3.8, 4) is 0 Å². The Morgan fingerprint density at radius 1 is 1.16 bits per heavy atom. The second-order valence-electron chi connectivity index (χ2n) is 5.86. The van der Waals surface area contributed by atoms with Crippen molar-refractivity contribution in [1.82, 2.24) is 24.9 Å². The van der Waals surface area contributed by atoms with Gasteiger partial charge in [-0.15, -0.1) is 0 Å². The first-order chi connectivity index (χ1) is 12.0. The maximum absolute atomic E-state index is 12.2. The minimum absolute atomic E-state index is 0.163. The zero-order valence-electron chi connectivity index (χ0n) is 14.2. The Hall–Kier alpha value is -2.41. The third kappa shape index (κ3) is 4.17. The number of halogens is 1. The summed E-state index contributed by atoms with van der Waals surface area (Å²) in [5, 5.41) is 11.7. The molecule has 0 saturated heterocycles. The lowest BCUT2D eigenvalue weighted by Crippen LogP contribution is -2.26. The molecule has 0 bridgehead atoms. The van der Waals surface area contributed by atoms with Gasteiger partial charge in [0.15, 0.2) is 0 Å². The molecule has 0 aliphatic rings. The van der Waals surface area contributed by atoms with Gasteiger partial charge >= 0.3 is 0 Å². The van der Waals surface area contributed by atoms with Crippen LogP contribution in [0.15, 0.2) is 47.1 Å². The van der Waals surface area contributed by atoms with Gasteiger partial charge in [-0.2, -0.15) is 10.2 Å². The highest BCUT2D eigenvalue weighted by atomic mass is 79.9. The molecule has 1 N–H and O–H groups in total. The van der Waals surface area contributed by atoms with Crippen LogP contribution in [0.5, 0.6) is 0 Å². The summed E-state index contributed by atoms with van der Waals surface area (Å²) in [6, 6.07) is 11.8. The molecule has 2 heterocycles. The molecule has 6 nitrogen and oxygen atoms in total. The summed E-state index contributed by atoms with van der Waals surface area (Å²) in [5.41, 5.74) is 3.57. The van der Waals surface area contributed by atoms with Crippen molar-refractivity contribution < 1.29 is 4.79 Å². The van der Waals surface area contributed by atoms with Crippen molar-refractivity contribution in [3.63, 3.8) is 0 Å². The number of aryl methyl sites for hydroxylation is 1. The number of benzene rings is 1.